The van der Waals surface area contributed by atoms with Gasteiger partial charge in [0.25, 0.3) is 0 Å². The molecule has 0 radical (unpaired) electrons. The monoisotopic (exact) mass is 229 g/mol. The van der Waals surface area contributed by atoms with Gasteiger partial charge in [0, 0.05) is 4.88 Å². The first-order chi connectivity index (χ1) is 6.72. The van der Waals surface area contributed by atoms with E-state index in [4.69, 9.17) is 17.0 Å². The summed E-state index contributed by atoms with van der Waals surface area (Å²) >= 11 is 6.52. The molecule has 1 aromatic rings. The molecular weight excluding hydrogens is 218 g/mol. The van der Waals surface area contributed by atoms with Gasteiger partial charge >= 0.3 is 5.97 Å². The van der Waals surface area contributed by atoms with Gasteiger partial charge < -0.3 is 9.72 Å². The van der Waals surface area contributed by atoms with Crippen LogP contribution in [0.5, 0.6) is 0 Å². The lowest BCUT2D eigenvalue weighted by Gasteiger charge is -2.00. The van der Waals surface area contributed by atoms with E-state index in [1.165, 1.54) is 11.3 Å². The highest BCUT2D eigenvalue weighted by molar-refractivity contribution is 7.73. The molecule has 1 aliphatic carbocycles. The molecule has 1 fully saturated rings. The molecule has 0 amide bonds. The fraction of sp³-hybridized carbons (Fsp3) is 0.556. The molecule has 76 valence electrons. The zero-order chi connectivity index (χ0) is 10.1. The van der Waals surface area contributed by atoms with Crippen LogP contribution in [0, 0.1) is 3.95 Å². The van der Waals surface area contributed by atoms with Crippen molar-refractivity contribution >= 4 is 29.5 Å². The maximum atomic E-state index is 11.5. The minimum Gasteiger partial charge on any atom is -0.461 e. The van der Waals surface area contributed by atoms with Crippen molar-refractivity contribution < 1.29 is 9.53 Å². The van der Waals surface area contributed by atoms with E-state index in [1.807, 2.05) is 0 Å². The molecule has 1 aromatic heterocycles. The van der Waals surface area contributed by atoms with Crippen molar-refractivity contribution in [1.82, 2.24) is 4.98 Å². The van der Waals surface area contributed by atoms with Gasteiger partial charge in [0.1, 0.15) is 5.69 Å². The number of hydrogen-bond donors (Lipinski definition) is 1. The molecule has 2 rings (SSSR count). The summed E-state index contributed by atoms with van der Waals surface area (Å²) in [6.07, 6.45) is 2.32. The van der Waals surface area contributed by atoms with Crippen LogP contribution in [0.4, 0.5) is 0 Å². The molecular formula is C9H11NO2S2. The normalized spacial score (nSPS) is 15.5. The third kappa shape index (κ3) is 1.88. The molecule has 0 saturated heterocycles. The number of nitrogens with one attached hydrogen (secondary N) is 1. The van der Waals surface area contributed by atoms with Crippen LogP contribution in [0.25, 0.3) is 0 Å². The number of ether oxygens (including phenoxy) is 1. The third-order valence-corrected chi connectivity index (χ3v) is 3.50. The zero-order valence-corrected chi connectivity index (χ0v) is 9.46. The molecule has 1 N–H and O–H groups in total. The number of H-pyrrole nitrogens is 1. The summed E-state index contributed by atoms with van der Waals surface area (Å²) in [5.41, 5.74) is 0.573. The summed E-state index contributed by atoms with van der Waals surface area (Å²) in [5, 5.41) is 0. The first-order valence-corrected chi connectivity index (χ1v) is 5.85. The Morgan fingerprint density at radius 3 is 3.00 bits per heavy atom. The first kappa shape index (κ1) is 9.86. The lowest BCUT2D eigenvalue weighted by molar-refractivity contribution is 0.0519. The predicted molar refractivity (Wildman–Crippen MR) is 57.4 cm³/mol. The number of carbonyl (C=O) groups excluding carboxylic acids is 1. The van der Waals surface area contributed by atoms with Gasteiger partial charge in [-0.05, 0) is 37.9 Å². The number of hydrogen-bond acceptors (Lipinski definition) is 4. The molecule has 0 unspecified atom stereocenters. The average molecular weight is 229 g/mol. The number of thiazole rings is 1. The molecule has 0 spiro atoms. The first-order valence-electron chi connectivity index (χ1n) is 4.62. The number of aromatic nitrogens is 1. The van der Waals surface area contributed by atoms with Crippen molar-refractivity contribution in [3.8, 4) is 0 Å². The number of aromatic amines is 1. The van der Waals surface area contributed by atoms with E-state index in [0.717, 1.165) is 17.7 Å². The summed E-state index contributed by atoms with van der Waals surface area (Å²) in [7, 11) is 0. The van der Waals surface area contributed by atoms with Crippen LogP contribution in [-0.2, 0) is 4.74 Å². The molecule has 1 saturated carbocycles. The SMILES string of the molecule is CCOC(=O)c1[nH]c(=S)sc1C1CC1. The second-order valence-corrected chi connectivity index (χ2v) is 4.97. The Balaban J connectivity index is 2.30. The molecule has 0 aromatic carbocycles. The fourth-order valence-corrected chi connectivity index (χ4v) is 2.69. The topological polar surface area (TPSA) is 42.1 Å². The molecule has 14 heavy (non-hydrogen) atoms. The van der Waals surface area contributed by atoms with Crippen LogP contribution in [0.2, 0.25) is 0 Å². The van der Waals surface area contributed by atoms with E-state index in [2.05, 4.69) is 4.98 Å². The summed E-state index contributed by atoms with van der Waals surface area (Å²) in [6, 6.07) is 0. The molecule has 5 heteroatoms. The zero-order valence-electron chi connectivity index (χ0n) is 7.83. The molecule has 0 bridgehead atoms. The van der Waals surface area contributed by atoms with Gasteiger partial charge in [-0.3, -0.25) is 0 Å². The van der Waals surface area contributed by atoms with Crippen molar-refractivity contribution in [3.63, 3.8) is 0 Å². The fourth-order valence-electron chi connectivity index (χ4n) is 1.33. The Labute approximate surface area is 91.1 Å². The maximum Gasteiger partial charge on any atom is 0.355 e. The van der Waals surface area contributed by atoms with Crippen molar-refractivity contribution in [2.24, 2.45) is 0 Å². The highest BCUT2D eigenvalue weighted by Crippen LogP contribution is 2.44. The summed E-state index contributed by atoms with van der Waals surface area (Å²) in [4.78, 5) is 15.5. The predicted octanol–water partition coefficient (Wildman–Crippen LogP) is 2.86. The quantitative estimate of drug-likeness (QED) is 0.640. The van der Waals surface area contributed by atoms with E-state index in [-0.39, 0.29) is 5.97 Å². The van der Waals surface area contributed by atoms with E-state index < -0.39 is 0 Å². The van der Waals surface area contributed by atoms with Gasteiger partial charge in [-0.2, -0.15) is 0 Å². The maximum absolute atomic E-state index is 11.5. The molecule has 1 heterocycles. The van der Waals surface area contributed by atoms with E-state index in [9.17, 15) is 4.79 Å². The van der Waals surface area contributed by atoms with E-state index in [1.54, 1.807) is 6.92 Å². The smallest absolute Gasteiger partial charge is 0.355 e. The molecule has 3 nitrogen and oxygen atoms in total. The number of carbonyl (C=O) groups is 1. The Kier molecular flexibility index (Phi) is 2.69. The van der Waals surface area contributed by atoms with Crippen LogP contribution in [0.15, 0.2) is 0 Å². The van der Waals surface area contributed by atoms with Crippen LogP contribution < -0.4 is 0 Å². The van der Waals surface area contributed by atoms with Gasteiger partial charge in [0.15, 0.2) is 3.95 Å². The van der Waals surface area contributed by atoms with Crippen molar-refractivity contribution in [1.29, 1.82) is 0 Å². The summed E-state index contributed by atoms with van der Waals surface area (Å²) < 4.78 is 5.61. The average Bonchev–Trinajstić information content (AvgIpc) is 2.90. The highest BCUT2D eigenvalue weighted by atomic mass is 32.1. The van der Waals surface area contributed by atoms with Crippen LogP contribution in [-0.4, -0.2) is 17.6 Å². The van der Waals surface area contributed by atoms with Crippen molar-refractivity contribution in [3.05, 3.63) is 14.5 Å². The number of esters is 1. The van der Waals surface area contributed by atoms with Crippen molar-refractivity contribution in [2.45, 2.75) is 25.7 Å². The minimum atomic E-state index is -0.276. The van der Waals surface area contributed by atoms with Crippen LogP contribution in [0.1, 0.15) is 41.0 Å². The largest absolute Gasteiger partial charge is 0.461 e. The van der Waals surface area contributed by atoms with E-state index >= 15 is 0 Å². The Morgan fingerprint density at radius 1 is 1.71 bits per heavy atom. The summed E-state index contributed by atoms with van der Waals surface area (Å²) in [5.74, 6) is 0.258. The Hall–Kier alpha value is -0.680. The van der Waals surface area contributed by atoms with Gasteiger partial charge in [0.05, 0.1) is 6.61 Å². The van der Waals surface area contributed by atoms with Gasteiger partial charge in [0.2, 0.25) is 0 Å². The highest BCUT2D eigenvalue weighted by Gasteiger charge is 2.30. The second kappa shape index (κ2) is 3.82. The summed E-state index contributed by atoms with van der Waals surface area (Å²) in [6.45, 7) is 2.20. The lowest BCUT2D eigenvalue weighted by atomic mass is 10.3. The Morgan fingerprint density at radius 2 is 2.43 bits per heavy atom. The van der Waals surface area contributed by atoms with E-state index in [0.29, 0.717) is 22.2 Å². The third-order valence-electron chi connectivity index (χ3n) is 2.10. The van der Waals surface area contributed by atoms with Crippen LogP contribution in [0.3, 0.4) is 0 Å². The molecule has 0 aliphatic heterocycles. The minimum absolute atomic E-state index is 0.276. The molecule has 1 aliphatic rings. The lowest BCUT2D eigenvalue weighted by Crippen LogP contribution is -2.07. The second-order valence-electron chi connectivity index (χ2n) is 3.25. The van der Waals surface area contributed by atoms with Crippen molar-refractivity contribution in [2.75, 3.05) is 6.61 Å². The standard InChI is InChI=1S/C9H11NO2S2/c1-2-12-8(11)6-7(5-3-4-5)14-9(13)10-6/h5H,2-4H2,1H3,(H,10,13). The molecule has 0 atom stereocenters. The van der Waals surface area contributed by atoms with Gasteiger partial charge in [-0.1, -0.05) is 0 Å². The van der Waals surface area contributed by atoms with Gasteiger partial charge in [-0.25, -0.2) is 4.79 Å². The van der Waals surface area contributed by atoms with Crippen LogP contribution >= 0.6 is 23.6 Å². The van der Waals surface area contributed by atoms with Gasteiger partial charge in [-0.15, -0.1) is 11.3 Å². The number of rotatable bonds is 3. The Bertz CT molecular complexity index is 403.